The minimum absolute atomic E-state index is 0.0957. The highest BCUT2D eigenvalue weighted by atomic mass is 16.2. The maximum atomic E-state index is 12.1. The average Bonchev–Trinajstić information content (AvgIpc) is 3.06. The SMILES string of the molecule is CC(=O)Nc1ccc(NC(=O)C2CC23CCC3)cc1. The van der Waals surface area contributed by atoms with Gasteiger partial charge in [0, 0.05) is 24.2 Å². The molecule has 2 aliphatic rings. The monoisotopic (exact) mass is 258 g/mol. The first-order valence-electron chi connectivity index (χ1n) is 6.78. The summed E-state index contributed by atoms with van der Waals surface area (Å²) in [7, 11) is 0. The van der Waals surface area contributed by atoms with Crippen LogP contribution in [0.5, 0.6) is 0 Å². The van der Waals surface area contributed by atoms with Gasteiger partial charge < -0.3 is 10.6 Å². The maximum Gasteiger partial charge on any atom is 0.228 e. The van der Waals surface area contributed by atoms with E-state index >= 15 is 0 Å². The van der Waals surface area contributed by atoms with Crippen LogP contribution in [0.25, 0.3) is 0 Å². The van der Waals surface area contributed by atoms with Crippen LogP contribution in [0.2, 0.25) is 0 Å². The Balaban J connectivity index is 1.58. The average molecular weight is 258 g/mol. The summed E-state index contributed by atoms with van der Waals surface area (Å²) in [5, 5.41) is 5.66. The van der Waals surface area contributed by atoms with E-state index in [1.165, 1.54) is 26.2 Å². The van der Waals surface area contributed by atoms with Crippen molar-refractivity contribution < 1.29 is 9.59 Å². The quantitative estimate of drug-likeness (QED) is 0.875. The van der Waals surface area contributed by atoms with Gasteiger partial charge in [-0.15, -0.1) is 0 Å². The Labute approximate surface area is 112 Å². The lowest BCUT2D eigenvalue weighted by atomic mass is 9.79. The molecule has 1 aromatic rings. The molecule has 100 valence electrons. The van der Waals surface area contributed by atoms with E-state index < -0.39 is 0 Å². The fourth-order valence-electron chi connectivity index (χ4n) is 2.97. The Morgan fingerprint density at radius 1 is 1.11 bits per heavy atom. The van der Waals surface area contributed by atoms with Crippen LogP contribution in [0.4, 0.5) is 11.4 Å². The number of benzene rings is 1. The third-order valence-corrected chi connectivity index (χ3v) is 4.33. The van der Waals surface area contributed by atoms with Crippen molar-refractivity contribution in [1.29, 1.82) is 0 Å². The van der Waals surface area contributed by atoms with Gasteiger partial charge in [-0.3, -0.25) is 9.59 Å². The Kier molecular flexibility index (Phi) is 2.81. The maximum absolute atomic E-state index is 12.1. The van der Waals surface area contributed by atoms with Gasteiger partial charge in [-0.25, -0.2) is 0 Å². The zero-order valence-corrected chi connectivity index (χ0v) is 11.0. The second-order valence-corrected chi connectivity index (χ2v) is 5.72. The molecule has 0 aliphatic heterocycles. The summed E-state index contributed by atoms with van der Waals surface area (Å²) in [6, 6.07) is 7.23. The molecule has 0 heterocycles. The molecule has 1 aromatic carbocycles. The fourth-order valence-corrected chi connectivity index (χ4v) is 2.97. The number of nitrogens with one attached hydrogen (secondary N) is 2. The van der Waals surface area contributed by atoms with Crippen LogP contribution in [0.1, 0.15) is 32.6 Å². The molecule has 0 radical (unpaired) electrons. The topological polar surface area (TPSA) is 58.2 Å². The van der Waals surface area contributed by atoms with Gasteiger partial charge in [0.25, 0.3) is 0 Å². The minimum atomic E-state index is -0.0957. The molecule has 3 rings (SSSR count). The largest absolute Gasteiger partial charge is 0.326 e. The normalized spacial score (nSPS) is 22.5. The number of amides is 2. The Morgan fingerprint density at radius 3 is 2.11 bits per heavy atom. The first-order chi connectivity index (χ1) is 9.09. The molecule has 1 spiro atoms. The molecule has 2 aliphatic carbocycles. The molecule has 2 amide bonds. The molecule has 0 saturated heterocycles. The lowest BCUT2D eigenvalue weighted by Crippen LogP contribution is -2.23. The van der Waals surface area contributed by atoms with E-state index in [4.69, 9.17) is 0 Å². The van der Waals surface area contributed by atoms with E-state index in [9.17, 15) is 9.59 Å². The van der Waals surface area contributed by atoms with Crippen LogP contribution in [-0.4, -0.2) is 11.8 Å². The molecule has 2 N–H and O–H groups in total. The molecule has 19 heavy (non-hydrogen) atoms. The first-order valence-corrected chi connectivity index (χ1v) is 6.78. The minimum Gasteiger partial charge on any atom is -0.326 e. The second-order valence-electron chi connectivity index (χ2n) is 5.72. The van der Waals surface area contributed by atoms with Crippen LogP contribution in [0.3, 0.4) is 0 Å². The number of carbonyl (C=O) groups is 2. The molecule has 1 unspecified atom stereocenters. The third kappa shape index (κ3) is 2.35. The smallest absolute Gasteiger partial charge is 0.228 e. The van der Waals surface area contributed by atoms with Crippen LogP contribution in [-0.2, 0) is 9.59 Å². The van der Waals surface area contributed by atoms with Crippen molar-refractivity contribution in [2.24, 2.45) is 11.3 Å². The summed E-state index contributed by atoms with van der Waals surface area (Å²) < 4.78 is 0. The Hall–Kier alpha value is -1.84. The summed E-state index contributed by atoms with van der Waals surface area (Å²) >= 11 is 0. The van der Waals surface area contributed by atoms with Crippen molar-refractivity contribution in [3.63, 3.8) is 0 Å². The predicted molar refractivity (Wildman–Crippen MR) is 73.8 cm³/mol. The standard InChI is InChI=1S/C15H18N2O2/c1-10(18)16-11-3-5-12(6-4-11)17-14(19)13-9-15(13)7-2-8-15/h3-6,13H,2,7-9H2,1H3,(H,16,18)(H,17,19). The van der Waals surface area contributed by atoms with E-state index in [-0.39, 0.29) is 17.7 Å². The van der Waals surface area contributed by atoms with Gasteiger partial charge in [-0.05, 0) is 48.9 Å². The summed E-state index contributed by atoms with van der Waals surface area (Å²) in [6.45, 7) is 1.47. The highest BCUT2D eigenvalue weighted by Gasteiger charge is 2.60. The van der Waals surface area contributed by atoms with Gasteiger partial charge in [0.1, 0.15) is 0 Å². The number of carbonyl (C=O) groups excluding carboxylic acids is 2. The van der Waals surface area contributed by atoms with Gasteiger partial charge in [0.15, 0.2) is 0 Å². The molecule has 0 bridgehead atoms. The highest BCUT2D eigenvalue weighted by Crippen LogP contribution is 2.65. The van der Waals surface area contributed by atoms with Gasteiger partial charge >= 0.3 is 0 Å². The number of hydrogen-bond donors (Lipinski definition) is 2. The van der Waals surface area contributed by atoms with E-state index in [1.54, 1.807) is 12.1 Å². The second kappa shape index (κ2) is 4.37. The molecular formula is C15H18N2O2. The third-order valence-electron chi connectivity index (χ3n) is 4.33. The number of rotatable bonds is 3. The summed E-state index contributed by atoms with van der Waals surface area (Å²) in [5.41, 5.74) is 1.90. The predicted octanol–water partition coefficient (Wildman–Crippen LogP) is 2.77. The van der Waals surface area contributed by atoms with Crippen LogP contribution in [0.15, 0.2) is 24.3 Å². The van der Waals surface area contributed by atoms with Crippen molar-refractivity contribution in [2.45, 2.75) is 32.6 Å². The zero-order valence-electron chi connectivity index (χ0n) is 11.0. The van der Waals surface area contributed by atoms with Gasteiger partial charge in [0.05, 0.1) is 0 Å². The molecule has 2 fully saturated rings. The first kappa shape index (κ1) is 12.2. The number of hydrogen-bond acceptors (Lipinski definition) is 2. The van der Waals surface area contributed by atoms with E-state index in [0.29, 0.717) is 5.41 Å². The van der Waals surface area contributed by atoms with Gasteiger partial charge in [-0.2, -0.15) is 0 Å². The summed E-state index contributed by atoms with van der Waals surface area (Å²) in [4.78, 5) is 23.0. The molecular weight excluding hydrogens is 240 g/mol. The molecule has 0 aromatic heterocycles. The van der Waals surface area contributed by atoms with Crippen LogP contribution < -0.4 is 10.6 Å². The highest BCUT2D eigenvalue weighted by molar-refractivity contribution is 5.95. The number of anilines is 2. The van der Waals surface area contributed by atoms with Crippen LogP contribution >= 0.6 is 0 Å². The van der Waals surface area contributed by atoms with Crippen molar-refractivity contribution in [3.8, 4) is 0 Å². The van der Waals surface area contributed by atoms with E-state index in [0.717, 1.165) is 17.8 Å². The van der Waals surface area contributed by atoms with Crippen molar-refractivity contribution in [3.05, 3.63) is 24.3 Å². The molecule has 4 nitrogen and oxygen atoms in total. The van der Waals surface area contributed by atoms with Crippen molar-refractivity contribution >= 4 is 23.2 Å². The van der Waals surface area contributed by atoms with Crippen molar-refractivity contribution in [2.75, 3.05) is 10.6 Å². The van der Waals surface area contributed by atoms with Crippen molar-refractivity contribution in [1.82, 2.24) is 0 Å². The van der Waals surface area contributed by atoms with Crippen LogP contribution in [0, 0.1) is 11.3 Å². The Morgan fingerprint density at radius 2 is 1.68 bits per heavy atom. The Bertz CT molecular complexity index is 517. The van der Waals surface area contributed by atoms with E-state index in [2.05, 4.69) is 10.6 Å². The lowest BCUT2D eigenvalue weighted by Gasteiger charge is -2.26. The molecule has 2 saturated carbocycles. The van der Waals surface area contributed by atoms with Gasteiger partial charge in [0.2, 0.25) is 11.8 Å². The molecule has 1 atom stereocenters. The summed E-state index contributed by atoms with van der Waals surface area (Å²) in [5.74, 6) is 0.268. The van der Waals surface area contributed by atoms with Gasteiger partial charge in [-0.1, -0.05) is 6.42 Å². The summed E-state index contributed by atoms with van der Waals surface area (Å²) in [6.07, 6.45) is 4.76. The van der Waals surface area contributed by atoms with E-state index in [1.807, 2.05) is 12.1 Å². The zero-order chi connectivity index (χ0) is 13.5. The lowest BCUT2D eigenvalue weighted by molar-refractivity contribution is -0.118. The fraction of sp³-hybridized carbons (Fsp3) is 0.467. The molecule has 4 heteroatoms.